The molecule has 0 bridgehead atoms. The van der Waals surface area contributed by atoms with Gasteiger partial charge in [-0.2, -0.15) is 17.9 Å². The summed E-state index contributed by atoms with van der Waals surface area (Å²) in [4.78, 5) is 37.5. The number of halogens is 3. The second kappa shape index (κ2) is 10.9. The van der Waals surface area contributed by atoms with Crippen molar-refractivity contribution in [1.29, 1.82) is 0 Å². The largest absolute Gasteiger partial charge is 0.471 e. The number of hydrogen-bond acceptors (Lipinski definition) is 6. The quantitative estimate of drug-likeness (QED) is 0.413. The van der Waals surface area contributed by atoms with Crippen LogP contribution in [-0.2, 0) is 16.0 Å². The van der Waals surface area contributed by atoms with Gasteiger partial charge in [0.2, 0.25) is 0 Å². The number of imidazole rings is 1. The first-order chi connectivity index (χ1) is 15.7. The Bertz CT molecular complexity index is 1150. The number of aromatic nitrogens is 3. The maximum absolute atomic E-state index is 12.9. The molecule has 178 valence electrons. The molecule has 0 radical (unpaired) electrons. The van der Waals surface area contributed by atoms with Gasteiger partial charge >= 0.3 is 12.1 Å². The predicted octanol–water partition coefficient (Wildman–Crippen LogP) is 4.92. The molecule has 0 aliphatic rings. The highest BCUT2D eigenvalue weighted by molar-refractivity contribution is 8.13. The molecule has 3 aromatic rings. The second-order valence-corrected chi connectivity index (χ2v) is 8.70. The lowest BCUT2D eigenvalue weighted by Gasteiger charge is -2.13. The maximum atomic E-state index is 12.9. The molecular formula is C22H25F3N4O3S. The predicted molar refractivity (Wildman–Crippen MR) is 122 cm³/mol. The molecule has 0 spiro atoms. The third kappa shape index (κ3) is 6.16. The molecule has 0 atom stereocenters. The summed E-state index contributed by atoms with van der Waals surface area (Å²) in [5.41, 5.74) is 1.01. The van der Waals surface area contributed by atoms with Gasteiger partial charge in [0, 0.05) is 24.5 Å². The zero-order valence-corrected chi connectivity index (χ0v) is 19.2. The number of unbranched alkanes of at least 4 members (excludes halogenated alkanes) is 2. The lowest BCUT2D eigenvalue weighted by Crippen LogP contribution is -2.30. The van der Waals surface area contributed by atoms with Gasteiger partial charge in [-0.15, -0.1) is 0 Å². The van der Waals surface area contributed by atoms with Crippen molar-refractivity contribution in [3.05, 3.63) is 30.1 Å². The highest BCUT2D eigenvalue weighted by Gasteiger charge is 2.39. The SMILES string of the molecule is CCCCc1nc2c(NC(=O)C(F)(F)F)nc3ccccc3c2n1OCCCCSC(C)=O. The van der Waals surface area contributed by atoms with Gasteiger partial charge in [0.15, 0.2) is 10.9 Å². The Morgan fingerprint density at radius 1 is 1.15 bits per heavy atom. The van der Waals surface area contributed by atoms with Gasteiger partial charge in [0.1, 0.15) is 23.5 Å². The van der Waals surface area contributed by atoms with Crippen molar-refractivity contribution in [3.8, 4) is 0 Å². The zero-order chi connectivity index (χ0) is 24.0. The lowest BCUT2D eigenvalue weighted by atomic mass is 10.2. The standard InChI is InChI=1S/C22H25F3N4O3S/c1-3-4-11-17-27-18-19(29(17)32-12-7-8-13-33-14(2)30)15-9-5-6-10-16(15)26-20(18)28-21(31)22(23,24)25/h5-6,9-10H,3-4,7-8,11-13H2,1-2H3,(H,26,28,31). The highest BCUT2D eigenvalue weighted by atomic mass is 32.2. The van der Waals surface area contributed by atoms with Gasteiger partial charge in [0.25, 0.3) is 0 Å². The summed E-state index contributed by atoms with van der Waals surface area (Å²) in [5.74, 6) is -1.14. The number of aryl methyl sites for hydroxylation is 1. The van der Waals surface area contributed by atoms with E-state index in [1.807, 2.05) is 12.2 Å². The molecule has 0 aliphatic heterocycles. The number of rotatable bonds is 10. The molecule has 2 heterocycles. The normalized spacial score (nSPS) is 11.8. The number of nitrogens with one attached hydrogen (secondary N) is 1. The fraction of sp³-hybridized carbons (Fsp3) is 0.455. The Morgan fingerprint density at radius 3 is 2.61 bits per heavy atom. The summed E-state index contributed by atoms with van der Waals surface area (Å²) in [6, 6.07) is 6.94. The number of fused-ring (bicyclic) bond motifs is 3. The van der Waals surface area contributed by atoms with Crippen molar-refractivity contribution in [3.63, 3.8) is 0 Å². The minimum Gasteiger partial charge on any atom is -0.412 e. The molecule has 3 rings (SSSR count). The van der Waals surface area contributed by atoms with Gasteiger partial charge in [-0.1, -0.05) is 43.3 Å². The van der Waals surface area contributed by atoms with E-state index >= 15 is 0 Å². The average molecular weight is 483 g/mol. The second-order valence-electron chi connectivity index (χ2n) is 7.43. The fourth-order valence-electron chi connectivity index (χ4n) is 3.27. The Labute approximate surface area is 193 Å². The van der Waals surface area contributed by atoms with Crippen LogP contribution in [0.2, 0.25) is 0 Å². The van der Waals surface area contributed by atoms with Crippen LogP contribution in [0.25, 0.3) is 21.9 Å². The molecule has 7 nitrogen and oxygen atoms in total. The van der Waals surface area contributed by atoms with Crippen LogP contribution < -0.4 is 10.2 Å². The fourth-order valence-corrected chi connectivity index (χ4v) is 3.91. The summed E-state index contributed by atoms with van der Waals surface area (Å²) in [6.07, 6.45) is -1.35. The van der Waals surface area contributed by atoms with Crippen LogP contribution in [0.1, 0.15) is 45.4 Å². The van der Waals surface area contributed by atoms with Crippen molar-refractivity contribution in [2.45, 2.75) is 52.1 Å². The van der Waals surface area contributed by atoms with Crippen LogP contribution in [0.5, 0.6) is 0 Å². The average Bonchev–Trinajstić information content (AvgIpc) is 3.12. The highest BCUT2D eigenvalue weighted by Crippen LogP contribution is 2.31. The minimum atomic E-state index is -5.05. The first kappa shape index (κ1) is 24.8. The van der Waals surface area contributed by atoms with E-state index in [-0.39, 0.29) is 16.4 Å². The number of alkyl halides is 3. The molecule has 2 aromatic heterocycles. The molecule has 1 amide bonds. The van der Waals surface area contributed by atoms with Crippen molar-refractivity contribution in [2.24, 2.45) is 0 Å². The minimum absolute atomic E-state index is 0.0609. The van der Waals surface area contributed by atoms with Crippen LogP contribution in [0.4, 0.5) is 19.0 Å². The number of hydrogen-bond donors (Lipinski definition) is 1. The number of carbonyl (C=O) groups excluding carboxylic acids is 2. The van der Waals surface area contributed by atoms with Gasteiger partial charge in [-0.3, -0.25) is 9.59 Å². The first-order valence-electron chi connectivity index (χ1n) is 10.7. The Balaban J connectivity index is 2.01. The summed E-state index contributed by atoms with van der Waals surface area (Å²) in [6.45, 7) is 3.88. The molecular weight excluding hydrogens is 457 g/mol. The van der Waals surface area contributed by atoms with E-state index in [4.69, 9.17) is 4.84 Å². The van der Waals surface area contributed by atoms with E-state index in [2.05, 4.69) is 9.97 Å². The number of pyridine rings is 1. The molecule has 11 heteroatoms. The van der Waals surface area contributed by atoms with E-state index < -0.39 is 12.1 Å². The molecule has 0 saturated heterocycles. The van der Waals surface area contributed by atoms with Gasteiger partial charge in [0.05, 0.1) is 5.52 Å². The van der Waals surface area contributed by atoms with Crippen LogP contribution in [-0.4, -0.2) is 44.3 Å². The summed E-state index contributed by atoms with van der Waals surface area (Å²) in [7, 11) is 0. The third-order valence-corrected chi connectivity index (χ3v) is 5.73. The summed E-state index contributed by atoms with van der Waals surface area (Å²) in [5, 5.41) is 2.58. The van der Waals surface area contributed by atoms with E-state index in [1.165, 1.54) is 18.7 Å². The molecule has 33 heavy (non-hydrogen) atoms. The van der Waals surface area contributed by atoms with Gasteiger partial charge in [-0.25, -0.2) is 9.97 Å². The monoisotopic (exact) mass is 482 g/mol. The van der Waals surface area contributed by atoms with Crippen LogP contribution in [0.15, 0.2) is 24.3 Å². The van der Waals surface area contributed by atoms with Crippen molar-refractivity contribution < 1.29 is 27.6 Å². The van der Waals surface area contributed by atoms with Crippen molar-refractivity contribution in [2.75, 3.05) is 17.7 Å². The van der Waals surface area contributed by atoms with E-state index in [9.17, 15) is 22.8 Å². The number of amides is 1. The molecule has 0 unspecified atom stereocenters. The Morgan fingerprint density at radius 2 is 1.91 bits per heavy atom. The Hall–Kier alpha value is -2.82. The van der Waals surface area contributed by atoms with Crippen LogP contribution >= 0.6 is 11.8 Å². The number of para-hydroxylation sites is 1. The van der Waals surface area contributed by atoms with E-state index in [0.717, 1.165) is 19.3 Å². The number of nitrogens with zero attached hydrogens (tertiary/aromatic N) is 3. The topological polar surface area (TPSA) is 86.1 Å². The van der Waals surface area contributed by atoms with Crippen molar-refractivity contribution >= 4 is 50.5 Å². The smallest absolute Gasteiger partial charge is 0.412 e. The van der Waals surface area contributed by atoms with Crippen molar-refractivity contribution in [1.82, 2.24) is 14.7 Å². The third-order valence-electron chi connectivity index (χ3n) is 4.83. The van der Waals surface area contributed by atoms with Gasteiger partial charge < -0.3 is 10.2 Å². The molecule has 1 aromatic carbocycles. The number of carbonyl (C=O) groups is 2. The Kier molecular flexibility index (Phi) is 8.17. The lowest BCUT2D eigenvalue weighted by molar-refractivity contribution is -0.167. The summed E-state index contributed by atoms with van der Waals surface area (Å²) >= 11 is 1.25. The zero-order valence-electron chi connectivity index (χ0n) is 18.4. The first-order valence-corrected chi connectivity index (χ1v) is 11.7. The van der Waals surface area contributed by atoms with Gasteiger partial charge in [-0.05, 0) is 25.3 Å². The summed E-state index contributed by atoms with van der Waals surface area (Å²) < 4.78 is 40.3. The number of benzene rings is 1. The molecule has 0 saturated carbocycles. The maximum Gasteiger partial charge on any atom is 0.471 e. The molecule has 1 N–H and O–H groups in total. The number of anilines is 1. The number of thioether (sulfide) groups is 1. The molecule has 0 aliphatic carbocycles. The molecule has 0 fully saturated rings. The van der Waals surface area contributed by atoms with Crippen LogP contribution in [0.3, 0.4) is 0 Å². The van der Waals surface area contributed by atoms with E-state index in [0.29, 0.717) is 47.4 Å². The van der Waals surface area contributed by atoms with E-state index in [1.54, 1.807) is 29.0 Å². The van der Waals surface area contributed by atoms with Crippen LogP contribution in [0, 0.1) is 0 Å².